The van der Waals surface area contributed by atoms with Crippen LogP contribution in [0, 0.1) is 13.8 Å². The second kappa shape index (κ2) is 12.1. The molecule has 0 atom stereocenters. The molecule has 0 saturated heterocycles. The van der Waals surface area contributed by atoms with Crippen LogP contribution >= 0.6 is 22.7 Å². The normalized spacial score (nSPS) is 10.9. The van der Waals surface area contributed by atoms with Crippen LogP contribution in [-0.2, 0) is 0 Å². The number of nitrogens with zero attached hydrogens (tertiary/aromatic N) is 2. The SMILES string of the molecule is COc1cc(-c2ccc(Nc3nc(-c4ccc(C)cc4)cs3)c(OC)c2)ccc1Nc1nc(-c2ccc(C)cc2)cs1. The zero-order chi connectivity index (χ0) is 29.1. The summed E-state index contributed by atoms with van der Waals surface area (Å²) < 4.78 is 11.5. The first-order valence-electron chi connectivity index (χ1n) is 13.4. The lowest BCUT2D eigenvalue weighted by atomic mass is 10.0. The van der Waals surface area contributed by atoms with Gasteiger partial charge in [-0.3, -0.25) is 0 Å². The van der Waals surface area contributed by atoms with Gasteiger partial charge in [-0.15, -0.1) is 22.7 Å². The van der Waals surface area contributed by atoms with E-state index in [2.05, 4.69) is 95.9 Å². The molecule has 6 aromatic rings. The van der Waals surface area contributed by atoms with Crippen LogP contribution in [0.1, 0.15) is 11.1 Å². The Bertz CT molecular complexity index is 1690. The Morgan fingerprint density at radius 2 is 0.905 bits per heavy atom. The van der Waals surface area contributed by atoms with E-state index in [9.17, 15) is 0 Å². The molecule has 0 amide bonds. The minimum atomic E-state index is 0.729. The average Bonchev–Trinajstić information content (AvgIpc) is 3.68. The molecule has 0 aliphatic heterocycles. The van der Waals surface area contributed by atoms with Gasteiger partial charge in [0, 0.05) is 21.9 Å². The maximum absolute atomic E-state index is 5.75. The second-order valence-electron chi connectivity index (χ2n) is 9.89. The zero-order valence-corrected chi connectivity index (χ0v) is 25.4. The largest absolute Gasteiger partial charge is 0.495 e. The van der Waals surface area contributed by atoms with Gasteiger partial charge in [-0.05, 0) is 49.2 Å². The summed E-state index contributed by atoms with van der Waals surface area (Å²) in [6.45, 7) is 4.17. The van der Waals surface area contributed by atoms with Gasteiger partial charge in [-0.25, -0.2) is 9.97 Å². The van der Waals surface area contributed by atoms with Crippen molar-refractivity contribution in [3.63, 3.8) is 0 Å². The number of aromatic nitrogens is 2. The summed E-state index contributed by atoms with van der Waals surface area (Å²) in [5, 5.41) is 12.6. The minimum Gasteiger partial charge on any atom is -0.495 e. The molecule has 0 aliphatic carbocycles. The molecular formula is C34H30N4O2S2. The number of nitrogens with one attached hydrogen (secondary N) is 2. The van der Waals surface area contributed by atoms with E-state index in [1.165, 1.54) is 11.1 Å². The van der Waals surface area contributed by atoms with Crippen molar-refractivity contribution in [1.82, 2.24) is 9.97 Å². The average molecular weight is 591 g/mol. The lowest BCUT2D eigenvalue weighted by Gasteiger charge is -2.14. The molecule has 0 unspecified atom stereocenters. The van der Waals surface area contributed by atoms with Gasteiger partial charge in [0.15, 0.2) is 10.3 Å². The Morgan fingerprint density at radius 3 is 1.29 bits per heavy atom. The number of aryl methyl sites for hydroxylation is 2. The lowest BCUT2D eigenvalue weighted by molar-refractivity contribution is 0.416. The van der Waals surface area contributed by atoms with Crippen molar-refractivity contribution in [2.45, 2.75) is 13.8 Å². The molecule has 0 spiro atoms. The summed E-state index contributed by atoms with van der Waals surface area (Å²) in [5.74, 6) is 1.46. The summed E-state index contributed by atoms with van der Waals surface area (Å²) in [5.41, 5.74) is 10.3. The molecule has 6 rings (SSSR count). The summed E-state index contributed by atoms with van der Waals surface area (Å²) in [4.78, 5) is 9.55. The quantitative estimate of drug-likeness (QED) is 0.175. The first kappa shape index (κ1) is 27.5. The van der Waals surface area contributed by atoms with Crippen molar-refractivity contribution < 1.29 is 9.47 Å². The number of rotatable bonds is 9. The van der Waals surface area contributed by atoms with Gasteiger partial charge in [-0.2, -0.15) is 0 Å². The molecule has 0 saturated carbocycles. The maximum atomic E-state index is 5.75. The van der Waals surface area contributed by atoms with Gasteiger partial charge in [0.05, 0.1) is 37.0 Å². The van der Waals surface area contributed by atoms with Gasteiger partial charge in [-0.1, -0.05) is 71.8 Å². The number of benzene rings is 4. The van der Waals surface area contributed by atoms with Crippen molar-refractivity contribution in [3.05, 3.63) is 107 Å². The molecule has 6 nitrogen and oxygen atoms in total. The van der Waals surface area contributed by atoms with E-state index in [0.29, 0.717) is 0 Å². The molecule has 0 bridgehead atoms. The van der Waals surface area contributed by atoms with Gasteiger partial charge >= 0.3 is 0 Å². The van der Waals surface area contributed by atoms with E-state index < -0.39 is 0 Å². The molecular weight excluding hydrogens is 561 g/mol. The molecule has 42 heavy (non-hydrogen) atoms. The van der Waals surface area contributed by atoms with E-state index in [4.69, 9.17) is 19.4 Å². The van der Waals surface area contributed by atoms with Crippen LogP contribution in [0.3, 0.4) is 0 Å². The standard InChI is InChI=1S/C34H30N4O2S2/c1-21-5-9-23(10-6-21)29-19-41-33(37-29)35-27-15-13-25(17-31(27)39-3)26-14-16-28(32(18-26)40-4)36-34-38-30(20-42-34)24-11-7-22(2)8-12-24/h5-20H,1-4H3,(H,35,37)(H,36,38). The third-order valence-corrected chi connectivity index (χ3v) is 8.44. The monoisotopic (exact) mass is 590 g/mol. The van der Waals surface area contributed by atoms with Crippen molar-refractivity contribution >= 4 is 44.3 Å². The predicted molar refractivity (Wildman–Crippen MR) is 176 cm³/mol. The highest BCUT2D eigenvalue weighted by Crippen LogP contribution is 2.38. The highest BCUT2D eigenvalue weighted by Gasteiger charge is 2.13. The maximum Gasteiger partial charge on any atom is 0.187 e. The number of methoxy groups -OCH3 is 2. The van der Waals surface area contributed by atoms with Crippen LogP contribution in [0.4, 0.5) is 21.6 Å². The van der Waals surface area contributed by atoms with Gasteiger partial charge in [0.25, 0.3) is 0 Å². The van der Waals surface area contributed by atoms with Crippen LogP contribution in [-0.4, -0.2) is 24.2 Å². The highest BCUT2D eigenvalue weighted by atomic mass is 32.1. The van der Waals surface area contributed by atoms with E-state index >= 15 is 0 Å². The van der Waals surface area contributed by atoms with Crippen molar-refractivity contribution in [3.8, 4) is 45.1 Å². The van der Waals surface area contributed by atoms with Gasteiger partial charge < -0.3 is 20.1 Å². The lowest BCUT2D eigenvalue weighted by Crippen LogP contribution is -1.96. The number of anilines is 4. The Hall–Kier alpha value is -4.66. The molecule has 0 aliphatic rings. The molecule has 8 heteroatoms. The second-order valence-corrected chi connectivity index (χ2v) is 11.6. The minimum absolute atomic E-state index is 0.729. The first-order chi connectivity index (χ1) is 20.5. The number of hydrogen-bond donors (Lipinski definition) is 2. The Morgan fingerprint density at radius 1 is 0.524 bits per heavy atom. The Labute approximate surface area is 253 Å². The molecule has 2 N–H and O–H groups in total. The Balaban J connectivity index is 1.19. The van der Waals surface area contributed by atoms with E-state index in [1.54, 1.807) is 36.9 Å². The fourth-order valence-electron chi connectivity index (χ4n) is 4.55. The van der Waals surface area contributed by atoms with Crippen molar-refractivity contribution in [2.24, 2.45) is 0 Å². The molecule has 210 valence electrons. The third-order valence-electron chi connectivity index (χ3n) is 6.92. The predicted octanol–water partition coefficient (Wildman–Crippen LogP) is 9.72. The summed E-state index contributed by atoms with van der Waals surface area (Å²) in [6, 6.07) is 29.0. The highest BCUT2D eigenvalue weighted by molar-refractivity contribution is 7.14. The molecule has 2 aromatic heterocycles. The number of ether oxygens (including phenoxy) is 2. The Kier molecular flexibility index (Phi) is 7.90. The smallest absolute Gasteiger partial charge is 0.187 e. The van der Waals surface area contributed by atoms with Crippen LogP contribution < -0.4 is 20.1 Å². The molecule has 2 heterocycles. The van der Waals surface area contributed by atoms with E-state index in [0.717, 1.165) is 66.8 Å². The summed E-state index contributed by atoms with van der Waals surface area (Å²) in [6.07, 6.45) is 0. The van der Waals surface area contributed by atoms with E-state index in [1.807, 2.05) is 24.3 Å². The fraction of sp³-hybridized carbons (Fsp3) is 0.118. The first-order valence-corrected chi connectivity index (χ1v) is 15.2. The molecule has 0 radical (unpaired) electrons. The van der Waals surface area contributed by atoms with Crippen LogP contribution in [0.15, 0.2) is 95.7 Å². The van der Waals surface area contributed by atoms with Crippen LogP contribution in [0.2, 0.25) is 0 Å². The number of thiazole rings is 2. The van der Waals surface area contributed by atoms with Gasteiger partial charge in [0.1, 0.15) is 11.5 Å². The van der Waals surface area contributed by atoms with Crippen molar-refractivity contribution in [2.75, 3.05) is 24.9 Å². The molecule has 0 fully saturated rings. The van der Waals surface area contributed by atoms with Gasteiger partial charge in [0.2, 0.25) is 0 Å². The zero-order valence-electron chi connectivity index (χ0n) is 23.8. The summed E-state index contributed by atoms with van der Waals surface area (Å²) in [7, 11) is 3.35. The van der Waals surface area contributed by atoms with E-state index in [-0.39, 0.29) is 0 Å². The third kappa shape index (κ3) is 6.00. The summed E-state index contributed by atoms with van der Waals surface area (Å²) >= 11 is 3.13. The molecule has 4 aromatic carbocycles. The topological polar surface area (TPSA) is 68.3 Å². The van der Waals surface area contributed by atoms with Crippen LogP contribution in [0.5, 0.6) is 11.5 Å². The number of hydrogen-bond acceptors (Lipinski definition) is 8. The van der Waals surface area contributed by atoms with Crippen molar-refractivity contribution in [1.29, 1.82) is 0 Å². The van der Waals surface area contributed by atoms with Crippen LogP contribution in [0.25, 0.3) is 33.6 Å². The fourth-order valence-corrected chi connectivity index (χ4v) is 6.02.